The lowest BCUT2D eigenvalue weighted by Crippen LogP contribution is -2.42. The molecular formula is C13H18N4O4. The second-order valence-electron chi connectivity index (χ2n) is 4.67. The number of nitrogens with zero attached hydrogens (tertiary/aromatic N) is 2. The van der Waals surface area contributed by atoms with E-state index in [9.17, 15) is 14.4 Å². The average Bonchev–Trinajstić information content (AvgIpc) is 2.76. The smallest absolute Gasteiger partial charge is 0.360 e. The van der Waals surface area contributed by atoms with Gasteiger partial charge in [0.1, 0.15) is 17.7 Å². The number of rotatable bonds is 4. The third-order valence-electron chi connectivity index (χ3n) is 3.33. The van der Waals surface area contributed by atoms with Gasteiger partial charge >= 0.3 is 5.97 Å². The molecule has 1 unspecified atom stereocenters. The van der Waals surface area contributed by atoms with Gasteiger partial charge < -0.3 is 15.0 Å². The fourth-order valence-corrected chi connectivity index (χ4v) is 2.37. The summed E-state index contributed by atoms with van der Waals surface area (Å²) in [4.78, 5) is 39.2. The van der Waals surface area contributed by atoms with E-state index in [4.69, 9.17) is 10.5 Å². The normalized spacial score (nSPS) is 18.5. The third kappa shape index (κ3) is 2.74. The maximum atomic E-state index is 12.0. The summed E-state index contributed by atoms with van der Waals surface area (Å²) in [5.41, 5.74) is 5.99. The van der Waals surface area contributed by atoms with Gasteiger partial charge in [-0.1, -0.05) is 6.92 Å². The van der Waals surface area contributed by atoms with Gasteiger partial charge in [0, 0.05) is 12.8 Å². The molecule has 114 valence electrons. The van der Waals surface area contributed by atoms with Crippen LogP contribution >= 0.6 is 0 Å². The van der Waals surface area contributed by atoms with E-state index in [1.54, 1.807) is 6.92 Å². The number of amides is 2. The lowest BCUT2D eigenvalue weighted by molar-refractivity contribution is -0.135. The van der Waals surface area contributed by atoms with Crippen molar-refractivity contribution in [2.45, 2.75) is 39.2 Å². The number of nitrogens with one attached hydrogen (secondary N) is 1. The van der Waals surface area contributed by atoms with Crippen LogP contribution in [-0.4, -0.2) is 33.9 Å². The summed E-state index contributed by atoms with van der Waals surface area (Å²) in [6.07, 6.45) is 1.06. The number of carbonyl (C=O) groups excluding carboxylic acids is 3. The number of piperidine rings is 1. The first-order valence-electron chi connectivity index (χ1n) is 6.86. The van der Waals surface area contributed by atoms with Crippen LogP contribution in [0.1, 0.15) is 49.0 Å². The zero-order valence-electron chi connectivity index (χ0n) is 12.0. The van der Waals surface area contributed by atoms with Gasteiger partial charge in [0.25, 0.3) is 0 Å². The second-order valence-corrected chi connectivity index (χ2v) is 4.67. The summed E-state index contributed by atoms with van der Waals surface area (Å²) in [6.45, 7) is 3.75. The van der Waals surface area contributed by atoms with Crippen molar-refractivity contribution in [3.8, 4) is 0 Å². The van der Waals surface area contributed by atoms with Gasteiger partial charge in [0.15, 0.2) is 5.69 Å². The standard InChI is InChI=1S/C13H18N4O4/c1-3-8-15-10(13(20)21-4-2)11(14)17(8)7-5-6-9(18)16-12(7)19/h7H,3-6,14H2,1-2H3,(H,16,18,19). The largest absolute Gasteiger partial charge is 0.461 e. The molecule has 0 radical (unpaired) electrons. The van der Waals surface area contributed by atoms with E-state index in [1.807, 2.05) is 6.92 Å². The zero-order valence-corrected chi connectivity index (χ0v) is 12.0. The van der Waals surface area contributed by atoms with Crippen molar-refractivity contribution in [3.63, 3.8) is 0 Å². The number of imide groups is 1. The van der Waals surface area contributed by atoms with Crippen molar-refractivity contribution in [1.29, 1.82) is 0 Å². The minimum Gasteiger partial charge on any atom is -0.461 e. The Morgan fingerprint density at radius 2 is 2.19 bits per heavy atom. The minimum absolute atomic E-state index is 0.0124. The van der Waals surface area contributed by atoms with E-state index in [-0.39, 0.29) is 30.4 Å². The van der Waals surface area contributed by atoms with Gasteiger partial charge in [0.05, 0.1) is 6.61 Å². The first-order valence-corrected chi connectivity index (χ1v) is 6.86. The molecule has 1 saturated heterocycles. The highest BCUT2D eigenvalue weighted by Gasteiger charge is 2.33. The number of esters is 1. The number of carbonyl (C=O) groups is 3. The molecule has 0 aliphatic carbocycles. The summed E-state index contributed by atoms with van der Waals surface area (Å²) < 4.78 is 6.43. The summed E-state index contributed by atoms with van der Waals surface area (Å²) in [6, 6.07) is -0.631. The van der Waals surface area contributed by atoms with Crippen LogP contribution in [0.4, 0.5) is 5.82 Å². The number of nitrogen functional groups attached to an aromatic ring is 1. The van der Waals surface area contributed by atoms with Gasteiger partial charge in [0.2, 0.25) is 11.8 Å². The topological polar surface area (TPSA) is 116 Å². The molecule has 21 heavy (non-hydrogen) atoms. The Hall–Kier alpha value is -2.38. The molecule has 1 aliphatic rings. The lowest BCUT2D eigenvalue weighted by Gasteiger charge is -2.24. The molecule has 0 spiro atoms. The summed E-state index contributed by atoms with van der Waals surface area (Å²) in [5, 5.41) is 2.27. The summed E-state index contributed by atoms with van der Waals surface area (Å²) in [5.74, 6) is -0.736. The predicted octanol–water partition coefficient (Wildman–Crippen LogP) is 0.182. The number of hydrogen-bond donors (Lipinski definition) is 2. The van der Waals surface area contributed by atoms with Gasteiger partial charge in [-0.2, -0.15) is 0 Å². The molecule has 8 heteroatoms. The summed E-state index contributed by atoms with van der Waals surface area (Å²) >= 11 is 0. The quantitative estimate of drug-likeness (QED) is 0.604. The number of hydrogen-bond acceptors (Lipinski definition) is 6. The van der Waals surface area contributed by atoms with Gasteiger partial charge in [-0.3, -0.25) is 14.9 Å². The molecular weight excluding hydrogens is 276 g/mol. The number of aryl methyl sites for hydroxylation is 1. The SMILES string of the molecule is CCOC(=O)c1nc(CC)n(C2CCC(=O)NC2=O)c1N. The number of imidazole rings is 1. The van der Waals surface area contributed by atoms with Crippen molar-refractivity contribution >= 4 is 23.6 Å². The molecule has 1 aromatic rings. The Bertz CT molecular complexity index is 593. The van der Waals surface area contributed by atoms with E-state index < -0.39 is 17.9 Å². The molecule has 1 aliphatic heterocycles. The molecule has 0 aromatic carbocycles. The Labute approximate surface area is 121 Å². The molecule has 2 rings (SSSR count). The molecule has 0 bridgehead atoms. The number of anilines is 1. The van der Waals surface area contributed by atoms with Gasteiger partial charge in [-0.25, -0.2) is 9.78 Å². The predicted molar refractivity (Wildman–Crippen MR) is 73.4 cm³/mol. The van der Waals surface area contributed by atoms with Crippen molar-refractivity contribution in [3.05, 3.63) is 11.5 Å². The third-order valence-corrected chi connectivity index (χ3v) is 3.33. The van der Waals surface area contributed by atoms with Crippen LogP contribution in [0.3, 0.4) is 0 Å². The first-order chi connectivity index (χ1) is 9.99. The average molecular weight is 294 g/mol. The maximum absolute atomic E-state index is 12.0. The highest BCUT2D eigenvalue weighted by molar-refractivity contribution is 6.00. The molecule has 2 amide bonds. The van der Waals surface area contributed by atoms with E-state index in [0.29, 0.717) is 18.7 Å². The summed E-state index contributed by atoms with van der Waals surface area (Å²) in [7, 11) is 0. The Morgan fingerprint density at radius 3 is 2.76 bits per heavy atom. The minimum atomic E-state index is -0.631. The van der Waals surface area contributed by atoms with Crippen LogP contribution in [0.5, 0.6) is 0 Å². The number of nitrogens with two attached hydrogens (primary N) is 1. The van der Waals surface area contributed by atoms with E-state index >= 15 is 0 Å². The van der Waals surface area contributed by atoms with Crippen LogP contribution < -0.4 is 11.1 Å². The molecule has 1 atom stereocenters. The van der Waals surface area contributed by atoms with Crippen molar-refractivity contribution < 1.29 is 19.1 Å². The van der Waals surface area contributed by atoms with Crippen molar-refractivity contribution in [1.82, 2.24) is 14.9 Å². The fraction of sp³-hybridized carbons (Fsp3) is 0.538. The van der Waals surface area contributed by atoms with Gasteiger partial charge in [-0.15, -0.1) is 0 Å². The van der Waals surface area contributed by atoms with Crippen LogP contribution in [0.15, 0.2) is 0 Å². The van der Waals surface area contributed by atoms with Crippen molar-refractivity contribution in [2.24, 2.45) is 0 Å². The van der Waals surface area contributed by atoms with E-state index in [1.165, 1.54) is 4.57 Å². The van der Waals surface area contributed by atoms with Crippen LogP contribution in [-0.2, 0) is 20.7 Å². The molecule has 1 fully saturated rings. The number of ether oxygens (including phenoxy) is 1. The molecule has 0 saturated carbocycles. The maximum Gasteiger partial charge on any atom is 0.360 e. The van der Waals surface area contributed by atoms with Crippen molar-refractivity contribution in [2.75, 3.05) is 12.3 Å². The highest BCUT2D eigenvalue weighted by atomic mass is 16.5. The Balaban J connectivity index is 2.41. The Kier molecular flexibility index (Phi) is 4.25. The Morgan fingerprint density at radius 1 is 1.48 bits per heavy atom. The highest BCUT2D eigenvalue weighted by Crippen LogP contribution is 2.27. The number of aromatic nitrogens is 2. The first kappa shape index (κ1) is 15.0. The van der Waals surface area contributed by atoms with Crippen LogP contribution in [0, 0.1) is 0 Å². The second kappa shape index (κ2) is 5.94. The molecule has 1 aromatic heterocycles. The monoisotopic (exact) mass is 294 g/mol. The van der Waals surface area contributed by atoms with Crippen LogP contribution in [0.25, 0.3) is 0 Å². The molecule has 8 nitrogen and oxygen atoms in total. The molecule has 2 heterocycles. The van der Waals surface area contributed by atoms with E-state index in [0.717, 1.165) is 0 Å². The van der Waals surface area contributed by atoms with Crippen LogP contribution in [0.2, 0.25) is 0 Å². The van der Waals surface area contributed by atoms with E-state index in [2.05, 4.69) is 10.3 Å². The lowest BCUT2D eigenvalue weighted by atomic mass is 10.1. The van der Waals surface area contributed by atoms with Gasteiger partial charge in [-0.05, 0) is 13.3 Å². The zero-order chi connectivity index (χ0) is 15.6. The fourth-order valence-electron chi connectivity index (χ4n) is 2.37. The molecule has 3 N–H and O–H groups in total.